The van der Waals surface area contributed by atoms with E-state index in [2.05, 4.69) is 20.8 Å². The van der Waals surface area contributed by atoms with Gasteiger partial charge in [-0.15, -0.1) is 0 Å². The molecule has 0 fully saturated rings. The van der Waals surface area contributed by atoms with E-state index in [1.54, 1.807) is 0 Å². The Labute approximate surface area is 154 Å². The van der Waals surface area contributed by atoms with Gasteiger partial charge in [0.25, 0.3) is 0 Å². The molecule has 0 amide bonds. The summed E-state index contributed by atoms with van der Waals surface area (Å²) in [6.45, 7) is 6.76. The lowest BCUT2D eigenvalue weighted by Crippen LogP contribution is -2.25. The molecule has 24 heavy (non-hydrogen) atoms. The first kappa shape index (κ1) is 24.0. The molecular weight excluding hydrogens is 290 g/mol. The van der Waals surface area contributed by atoms with Gasteiger partial charge in [-0.05, 0) is 12.3 Å². The maximum atomic E-state index is 6.08. The molecule has 0 aromatic carbocycles. The third-order valence-corrected chi connectivity index (χ3v) is 5.50. The zero-order valence-corrected chi connectivity index (χ0v) is 17.5. The molecule has 0 saturated carbocycles. The van der Waals surface area contributed by atoms with Crippen molar-refractivity contribution in [1.29, 1.82) is 0 Å². The van der Waals surface area contributed by atoms with Crippen LogP contribution in [0.5, 0.6) is 0 Å². The minimum atomic E-state index is 0.418. The molecule has 0 aliphatic heterocycles. The van der Waals surface area contributed by atoms with Gasteiger partial charge in [-0.25, -0.2) is 0 Å². The SMILES string of the molecule is CCCCCCCCCCCCCCCCCCCC(N)C(C)C. The van der Waals surface area contributed by atoms with E-state index in [1.807, 2.05) is 0 Å². The number of rotatable bonds is 19. The smallest absolute Gasteiger partial charge is 0.00618 e. The Morgan fingerprint density at radius 2 is 0.792 bits per heavy atom. The van der Waals surface area contributed by atoms with Crippen LogP contribution in [0.15, 0.2) is 0 Å². The standard InChI is InChI=1S/C23H49N/c1-4-5-6-7-8-9-10-11-12-13-14-15-16-17-18-19-20-21-23(24)22(2)3/h22-23H,4-21,24H2,1-3H3. The van der Waals surface area contributed by atoms with Crippen molar-refractivity contribution in [1.82, 2.24) is 0 Å². The average molecular weight is 340 g/mol. The van der Waals surface area contributed by atoms with Crippen LogP contribution in [0.25, 0.3) is 0 Å². The molecule has 0 spiro atoms. The summed E-state index contributed by atoms with van der Waals surface area (Å²) in [4.78, 5) is 0. The van der Waals surface area contributed by atoms with Gasteiger partial charge in [-0.3, -0.25) is 0 Å². The zero-order valence-electron chi connectivity index (χ0n) is 17.5. The van der Waals surface area contributed by atoms with Crippen LogP contribution in [-0.2, 0) is 0 Å². The Morgan fingerprint density at radius 3 is 1.08 bits per heavy atom. The van der Waals surface area contributed by atoms with Gasteiger partial charge in [0.15, 0.2) is 0 Å². The van der Waals surface area contributed by atoms with Gasteiger partial charge in [0.2, 0.25) is 0 Å². The highest BCUT2D eigenvalue weighted by Crippen LogP contribution is 2.15. The fraction of sp³-hybridized carbons (Fsp3) is 1.00. The second kappa shape index (κ2) is 19.3. The molecule has 0 aromatic heterocycles. The Kier molecular flexibility index (Phi) is 19.3. The third-order valence-electron chi connectivity index (χ3n) is 5.50. The summed E-state index contributed by atoms with van der Waals surface area (Å²) in [5.41, 5.74) is 6.08. The summed E-state index contributed by atoms with van der Waals surface area (Å²) in [7, 11) is 0. The molecule has 0 bridgehead atoms. The monoisotopic (exact) mass is 339 g/mol. The van der Waals surface area contributed by atoms with E-state index in [9.17, 15) is 0 Å². The normalized spacial score (nSPS) is 12.9. The summed E-state index contributed by atoms with van der Waals surface area (Å²) >= 11 is 0. The fourth-order valence-corrected chi connectivity index (χ4v) is 3.44. The lowest BCUT2D eigenvalue weighted by atomic mass is 9.98. The highest BCUT2D eigenvalue weighted by Gasteiger charge is 2.06. The zero-order chi connectivity index (χ0) is 17.9. The maximum absolute atomic E-state index is 6.08. The van der Waals surface area contributed by atoms with E-state index in [0.717, 1.165) is 0 Å². The van der Waals surface area contributed by atoms with Crippen LogP contribution in [0.3, 0.4) is 0 Å². The second-order valence-electron chi connectivity index (χ2n) is 8.35. The number of nitrogens with two attached hydrogens (primary N) is 1. The molecule has 0 rings (SSSR count). The first-order chi connectivity index (χ1) is 11.7. The van der Waals surface area contributed by atoms with Gasteiger partial charge in [-0.2, -0.15) is 0 Å². The predicted octanol–water partition coefficient (Wildman–Crippen LogP) is 8.01. The van der Waals surface area contributed by atoms with Crippen LogP contribution < -0.4 is 5.73 Å². The molecule has 2 N–H and O–H groups in total. The van der Waals surface area contributed by atoms with E-state index >= 15 is 0 Å². The molecule has 0 aromatic rings. The lowest BCUT2D eigenvalue weighted by Gasteiger charge is -2.14. The van der Waals surface area contributed by atoms with Crippen molar-refractivity contribution in [3.8, 4) is 0 Å². The fourth-order valence-electron chi connectivity index (χ4n) is 3.44. The van der Waals surface area contributed by atoms with Crippen LogP contribution in [0.4, 0.5) is 0 Å². The summed E-state index contributed by atoms with van der Waals surface area (Å²) in [6, 6.07) is 0.418. The van der Waals surface area contributed by atoms with Crippen LogP contribution in [0.1, 0.15) is 136 Å². The van der Waals surface area contributed by atoms with Crippen molar-refractivity contribution in [3.05, 3.63) is 0 Å². The minimum Gasteiger partial charge on any atom is -0.327 e. The minimum absolute atomic E-state index is 0.418. The van der Waals surface area contributed by atoms with Crippen molar-refractivity contribution in [2.45, 2.75) is 142 Å². The van der Waals surface area contributed by atoms with Crippen molar-refractivity contribution < 1.29 is 0 Å². The first-order valence-electron chi connectivity index (χ1n) is 11.4. The highest BCUT2D eigenvalue weighted by molar-refractivity contribution is 4.64. The predicted molar refractivity (Wildman–Crippen MR) is 112 cm³/mol. The summed E-state index contributed by atoms with van der Waals surface area (Å²) in [5, 5.41) is 0. The van der Waals surface area contributed by atoms with Gasteiger partial charge >= 0.3 is 0 Å². The van der Waals surface area contributed by atoms with Crippen LogP contribution in [0.2, 0.25) is 0 Å². The molecule has 146 valence electrons. The van der Waals surface area contributed by atoms with Gasteiger partial charge in [0, 0.05) is 6.04 Å². The average Bonchev–Trinajstić information content (AvgIpc) is 2.57. The summed E-state index contributed by atoms with van der Waals surface area (Å²) in [5.74, 6) is 0.644. The van der Waals surface area contributed by atoms with E-state index < -0.39 is 0 Å². The number of hydrogen-bond acceptors (Lipinski definition) is 1. The molecule has 1 nitrogen and oxygen atoms in total. The third kappa shape index (κ3) is 18.3. The molecule has 1 atom stereocenters. The second-order valence-corrected chi connectivity index (χ2v) is 8.35. The molecule has 0 saturated heterocycles. The molecule has 0 aliphatic carbocycles. The van der Waals surface area contributed by atoms with Crippen molar-refractivity contribution in [2.24, 2.45) is 11.7 Å². The van der Waals surface area contributed by atoms with Gasteiger partial charge in [-0.1, -0.05) is 130 Å². The van der Waals surface area contributed by atoms with Gasteiger partial charge in [0.05, 0.1) is 0 Å². The van der Waals surface area contributed by atoms with E-state index in [-0.39, 0.29) is 0 Å². The number of hydrogen-bond donors (Lipinski definition) is 1. The lowest BCUT2D eigenvalue weighted by molar-refractivity contribution is 0.438. The summed E-state index contributed by atoms with van der Waals surface area (Å²) < 4.78 is 0. The van der Waals surface area contributed by atoms with Gasteiger partial charge in [0.1, 0.15) is 0 Å². The molecule has 1 unspecified atom stereocenters. The van der Waals surface area contributed by atoms with E-state index in [0.29, 0.717) is 12.0 Å². The van der Waals surface area contributed by atoms with Crippen molar-refractivity contribution in [3.63, 3.8) is 0 Å². The molecule has 0 radical (unpaired) electrons. The topological polar surface area (TPSA) is 26.0 Å². The van der Waals surface area contributed by atoms with Crippen LogP contribution >= 0.6 is 0 Å². The summed E-state index contributed by atoms with van der Waals surface area (Å²) in [6.07, 6.45) is 25.8. The molecule has 0 heterocycles. The van der Waals surface area contributed by atoms with E-state index in [1.165, 1.54) is 116 Å². The molecule has 1 heteroatoms. The highest BCUT2D eigenvalue weighted by atomic mass is 14.6. The Bertz CT molecular complexity index is 224. The Hall–Kier alpha value is -0.0400. The largest absolute Gasteiger partial charge is 0.327 e. The Balaban J connectivity index is 3.03. The Morgan fingerprint density at radius 1 is 0.500 bits per heavy atom. The van der Waals surface area contributed by atoms with Crippen molar-refractivity contribution in [2.75, 3.05) is 0 Å². The van der Waals surface area contributed by atoms with Crippen LogP contribution in [0, 0.1) is 5.92 Å². The first-order valence-corrected chi connectivity index (χ1v) is 11.4. The van der Waals surface area contributed by atoms with Crippen LogP contribution in [-0.4, -0.2) is 6.04 Å². The van der Waals surface area contributed by atoms with Gasteiger partial charge < -0.3 is 5.73 Å². The molecular formula is C23H49N. The maximum Gasteiger partial charge on any atom is 0.00618 e. The number of unbranched alkanes of at least 4 members (excludes halogenated alkanes) is 16. The van der Waals surface area contributed by atoms with E-state index in [4.69, 9.17) is 5.73 Å². The molecule has 0 aliphatic rings. The van der Waals surface area contributed by atoms with Crippen molar-refractivity contribution >= 4 is 0 Å². The quantitative estimate of drug-likeness (QED) is 0.237.